The van der Waals surface area contributed by atoms with Crippen LogP contribution >= 0.6 is 0 Å². The molecule has 1 amide bonds. The predicted molar refractivity (Wildman–Crippen MR) is 61.4 cm³/mol. The summed E-state index contributed by atoms with van der Waals surface area (Å²) in [6.07, 6.45) is 0. The molecule has 0 bridgehead atoms. The van der Waals surface area contributed by atoms with Crippen molar-refractivity contribution in [2.24, 2.45) is 0 Å². The van der Waals surface area contributed by atoms with Crippen LogP contribution in [0, 0.1) is 11.6 Å². The SMILES string of the molecule is CCN(Cc1c(F)cccc1F)C(=O)CNC. The second-order valence-electron chi connectivity index (χ2n) is 3.64. The largest absolute Gasteiger partial charge is 0.337 e. The molecule has 0 saturated carbocycles. The van der Waals surface area contributed by atoms with Gasteiger partial charge >= 0.3 is 0 Å². The van der Waals surface area contributed by atoms with E-state index in [1.807, 2.05) is 0 Å². The molecule has 94 valence electrons. The summed E-state index contributed by atoms with van der Waals surface area (Å²) in [4.78, 5) is 13.0. The Morgan fingerprint density at radius 3 is 2.41 bits per heavy atom. The Labute approximate surface area is 99.4 Å². The highest BCUT2D eigenvalue weighted by molar-refractivity contribution is 5.78. The van der Waals surface area contributed by atoms with Gasteiger partial charge in [0.2, 0.25) is 5.91 Å². The molecule has 1 aromatic rings. The van der Waals surface area contributed by atoms with Gasteiger partial charge in [-0.1, -0.05) is 6.07 Å². The fourth-order valence-corrected chi connectivity index (χ4v) is 1.51. The van der Waals surface area contributed by atoms with Gasteiger partial charge < -0.3 is 10.2 Å². The Bertz CT molecular complexity index is 376. The van der Waals surface area contributed by atoms with Crippen LogP contribution in [-0.2, 0) is 11.3 Å². The third kappa shape index (κ3) is 3.49. The minimum atomic E-state index is -0.624. The highest BCUT2D eigenvalue weighted by Gasteiger charge is 2.16. The van der Waals surface area contributed by atoms with E-state index in [1.54, 1.807) is 14.0 Å². The maximum atomic E-state index is 13.4. The first-order valence-corrected chi connectivity index (χ1v) is 5.45. The smallest absolute Gasteiger partial charge is 0.236 e. The first kappa shape index (κ1) is 13.6. The van der Waals surface area contributed by atoms with Crippen molar-refractivity contribution in [3.8, 4) is 0 Å². The summed E-state index contributed by atoms with van der Waals surface area (Å²) in [7, 11) is 1.65. The van der Waals surface area contributed by atoms with Gasteiger partial charge in [-0.15, -0.1) is 0 Å². The molecule has 0 aliphatic rings. The van der Waals surface area contributed by atoms with Gasteiger partial charge in [-0.2, -0.15) is 0 Å². The van der Waals surface area contributed by atoms with Crippen LogP contribution in [0.3, 0.4) is 0 Å². The summed E-state index contributed by atoms with van der Waals surface area (Å²) in [5, 5.41) is 2.72. The van der Waals surface area contributed by atoms with Crippen LogP contribution in [0.1, 0.15) is 12.5 Å². The van der Waals surface area contributed by atoms with Crippen LogP contribution < -0.4 is 5.32 Å². The molecule has 0 aliphatic heterocycles. The fourth-order valence-electron chi connectivity index (χ4n) is 1.51. The van der Waals surface area contributed by atoms with Crippen molar-refractivity contribution in [2.45, 2.75) is 13.5 Å². The van der Waals surface area contributed by atoms with Crippen molar-refractivity contribution in [2.75, 3.05) is 20.1 Å². The van der Waals surface area contributed by atoms with Crippen LogP contribution in [0.4, 0.5) is 8.78 Å². The number of carbonyl (C=O) groups is 1. The van der Waals surface area contributed by atoms with Gasteiger partial charge in [0.15, 0.2) is 0 Å². The Morgan fingerprint density at radius 1 is 1.35 bits per heavy atom. The molecule has 0 saturated heterocycles. The summed E-state index contributed by atoms with van der Waals surface area (Å²) in [6.45, 7) is 2.29. The van der Waals surface area contributed by atoms with E-state index in [2.05, 4.69) is 5.32 Å². The van der Waals surface area contributed by atoms with Gasteiger partial charge in [-0.05, 0) is 26.1 Å². The van der Waals surface area contributed by atoms with Gasteiger partial charge in [-0.25, -0.2) is 8.78 Å². The van der Waals surface area contributed by atoms with Gasteiger partial charge in [0, 0.05) is 12.1 Å². The molecule has 0 aromatic heterocycles. The second kappa shape index (κ2) is 6.30. The predicted octanol–water partition coefficient (Wildman–Crippen LogP) is 1.53. The molecule has 0 aliphatic carbocycles. The molecule has 0 spiro atoms. The van der Waals surface area contributed by atoms with Crippen molar-refractivity contribution < 1.29 is 13.6 Å². The van der Waals surface area contributed by atoms with E-state index in [1.165, 1.54) is 23.1 Å². The van der Waals surface area contributed by atoms with Gasteiger partial charge in [0.05, 0.1) is 13.1 Å². The molecule has 0 fully saturated rings. The zero-order valence-electron chi connectivity index (χ0n) is 9.96. The van der Waals surface area contributed by atoms with Crippen LogP contribution in [0.25, 0.3) is 0 Å². The Hall–Kier alpha value is -1.49. The van der Waals surface area contributed by atoms with Crippen molar-refractivity contribution in [3.05, 3.63) is 35.4 Å². The minimum Gasteiger partial charge on any atom is -0.337 e. The number of benzene rings is 1. The lowest BCUT2D eigenvalue weighted by Crippen LogP contribution is -2.37. The molecule has 0 radical (unpaired) electrons. The quantitative estimate of drug-likeness (QED) is 0.849. The average Bonchev–Trinajstić information content (AvgIpc) is 2.29. The highest BCUT2D eigenvalue weighted by Crippen LogP contribution is 2.14. The number of rotatable bonds is 5. The van der Waals surface area contributed by atoms with Crippen molar-refractivity contribution in [1.29, 1.82) is 0 Å². The van der Waals surface area contributed by atoms with E-state index in [9.17, 15) is 13.6 Å². The number of amides is 1. The summed E-state index contributed by atoms with van der Waals surface area (Å²) in [5.74, 6) is -1.43. The number of nitrogens with one attached hydrogen (secondary N) is 1. The van der Waals surface area contributed by atoms with Crippen LogP contribution in [0.2, 0.25) is 0 Å². The second-order valence-corrected chi connectivity index (χ2v) is 3.64. The molecule has 0 heterocycles. The normalized spacial score (nSPS) is 10.4. The van der Waals surface area contributed by atoms with Crippen molar-refractivity contribution >= 4 is 5.91 Å². The summed E-state index contributed by atoms with van der Waals surface area (Å²) >= 11 is 0. The number of hydrogen-bond donors (Lipinski definition) is 1. The first-order chi connectivity index (χ1) is 8.10. The lowest BCUT2D eigenvalue weighted by Gasteiger charge is -2.21. The van der Waals surface area contributed by atoms with E-state index >= 15 is 0 Å². The van der Waals surface area contributed by atoms with Crippen molar-refractivity contribution in [3.63, 3.8) is 0 Å². The molecule has 0 unspecified atom stereocenters. The first-order valence-electron chi connectivity index (χ1n) is 5.45. The maximum Gasteiger partial charge on any atom is 0.236 e. The monoisotopic (exact) mass is 242 g/mol. The summed E-state index contributed by atoms with van der Waals surface area (Å²) < 4.78 is 26.8. The van der Waals surface area contributed by atoms with Gasteiger partial charge in [0.25, 0.3) is 0 Å². The van der Waals surface area contributed by atoms with E-state index in [4.69, 9.17) is 0 Å². The lowest BCUT2D eigenvalue weighted by molar-refractivity contribution is -0.130. The van der Waals surface area contributed by atoms with Gasteiger partial charge in [-0.3, -0.25) is 4.79 Å². The molecular formula is C12H16F2N2O. The zero-order chi connectivity index (χ0) is 12.8. The molecule has 0 atom stereocenters. The number of halogens is 2. The van der Waals surface area contributed by atoms with E-state index in [-0.39, 0.29) is 24.6 Å². The molecule has 3 nitrogen and oxygen atoms in total. The average molecular weight is 242 g/mol. The molecule has 17 heavy (non-hydrogen) atoms. The van der Waals surface area contributed by atoms with E-state index in [0.29, 0.717) is 6.54 Å². The number of carbonyl (C=O) groups excluding carboxylic acids is 1. The fraction of sp³-hybridized carbons (Fsp3) is 0.417. The van der Waals surface area contributed by atoms with Crippen LogP contribution in [-0.4, -0.2) is 30.9 Å². The number of hydrogen-bond acceptors (Lipinski definition) is 2. The molecule has 1 aromatic carbocycles. The van der Waals surface area contributed by atoms with E-state index < -0.39 is 11.6 Å². The molecule has 1 N–H and O–H groups in total. The van der Waals surface area contributed by atoms with Crippen LogP contribution in [0.5, 0.6) is 0 Å². The summed E-state index contributed by atoms with van der Waals surface area (Å²) in [6, 6.07) is 3.68. The topological polar surface area (TPSA) is 32.3 Å². The highest BCUT2D eigenvalue weighted by atomic mass is 19.1. The third-order valence-corrected chi connectivity index (χ3v) is 2.47. The number of likely N-dealkylation sites (N-methyl/N-ethyl adjacent to an activating group) is 2. The molecular weight excluding hydrogens is 226 g/mol. The minimum absolute atomic E-state index is 0.0461. The third-order valence-electron chi connectivity index (χ3n) is 2.47. The van der Waals surface area contributed by atoms with Gasteiger partial charge in [0.1, 0.15) is 11.6 Å². The summed E-state index contributed by atoms with van der Waals surface area (Å²) in [5.41, 5.74) is -0.0706. The van der Waals surface area contributed by atoms with Crippen molar-refractivity contribution in [1.82, 2.24) is 10.2 Å². The zero-order valence-corrected chi connectivity index (χ0v) is 9.96. The Balaban J connectivity index is 2.84. The molecule has 5 heteroatoms. The van der Waals surface area contributed by atoms with E-state index in [0.717, 1.165) is 0 Å². The number of nitrogens with zero attached hydrogens (tertiary/aromatic N) is 1. The Kier molecular flexibility index (Phi) is 5.03. The molecule has 1 rings (SSSR count). The Morgan fingerprint density at radius 2 is 1.94 bits per heavy atom. The maximum absolute atomic E-state index is 13.4. The van der Waals surface area contributed by atoms with Crippen LogP contribution in [0.15, 0.2) is 18.2 Å². The standard InChI is InChI=1S/C12H16F2N2O/c1-3-16(12(17)7-15-2)8-9-10(13)5-4-6-11(9)14/h4-6,15H,3,7-8H2,1-2H3. The lowest BCUT2D eigenvalue weighted by atomic mass is 10.2.